The molecule has 162 valence electrons. The van der Waals surface area contributed by atoms with Crippen molar-refractivity contribution in [3.05, 3.63) is 45.3 Å². The zero-order valence-electron chi connectivity index (χ0n) is 15.6. The predicted octanol–water partition coefficient (Wildman–Crippen LogP) is 0.269. The van der Waals surface area contributed by atoms with Crippen LogP contribution in [0.4, 0.5) is 5.69 Å². The van der Waals surface area contributed by atoms with E-state index in [9.17, 15) is 26.4 Å². The number of anilines is 1. The first-order valence-electron chi connectivity index (χ1n) is 8.59. The Hall–Kier alpha value is -2.32. The van der Waals surface area contributed by atoms with E-state index in [1.165, 1.54) is 13.0 Å². The molecule has 0 aliphatic heterocycles. The summed E-state index contributed by atoms with van der Waals surface area (Å²) in [5.41, 5.74) is -0.200. The van der Waals surface area contributed by atoms with Gasteiger partial charge in [-0.1, -0.05) is 11.6 Å². The molecule has 2 aromatic rings. The lowest BCUT2D eigenvalue weighted by Gasteiger charge is -2.17. The molecule has 11 nitrogen and oxygen atoms in total. The third-order valence-electron chi connectivity index (χ3n) is 4.49. The molecule has 30 heavy (non-hydrogen) atoms. The summed E-state index contributed by atoms with van der Waals surface area (Å²) in [4.78, 5) is 23.5. The van der Waals surface area contributed by atoms with E-state index in [1.54, 1.807) is 6.07 Å². The van der Waals surface area contributed by atoms with E-state index >= 15 is 0 Å². The minimum Gasteiger partial charge on any atom is -0.323 e. The Morgan fingerprint density at radius 1 is 1.17 bits per heavy atom. The summed E-state index contributed by atoms with van der Waals surface area (Å²) >= 11 is 5.89. The van der Waals surface area contributed by atoms with E-state index in [-0.39, 0.29) is 11.6 Å². The molecule has 0 radical (unpaired) electrons. The fourth-order valence-corrected chi connectivity index (χ4v) is 4.62. The van der Waals surface area contributed by atoms with E-state index in [0.29, 0.717) is 11.8 Å². The number of carbonyl (C=O) groups is 1. The van der Waals surface area contributed by atoms with E-state index in [4.69, 9.17) is 21.9 Å². The van der Waals surface area contributed by atoms with Crippen LogP contribution in [-0.2, 0) is 24.8 Å². The standard InChI is InChI=1S/C16H18ClN5O6S2/c1-8(22-15(23)5-4-11(21-22)9-2-3-9)16(24)20-12-6-10(17)13(29(18,25)26)7-14(12)30(19,27)28/h4-9H,2-3H2,1H3,(H,20,24)(H2,18,25,26)(H2,19,27,28). The number of nitrogens with two attached hydrogens (primary N) is 2. The molecule has 1 unspecified atom stereocenters. The van der Waals surface area contributed by atoms with Crippen LogP contribution in [0.5, 0.6) is 0 Å². The van der Waals surface area contributed by atoms with Crippen LogP contribution in [0.1, 0.15) is 37.4 Å². The van der Waals surface area contributed by atoms with Gasteiger partial charge in [-0.3, -0.25) is 9.59 Å². The van der Waals surface area contributed by atoms with Crippen molar-refractivity contribution in [1.29, 1.82) is 0 Å². The highest BCUT2D eigenvalue weighted by molar-refractivity contribution is 7.90. The Bertz CT molecular complexity index is 1300. The van der Waals surface area contributed by atoms with Gasteiger partial charge in [0.05, 0.1) is 16.4 Å². The van der Waals surface area contributed by atoms with E-state index in [2.05, 4.69) is 10.4 Å². The van der Waals surface area contributed by atoms with Crippen LogP contribution < -0.4 is 21.2 Å². The second-order valence-corrected chi connectivity index (χ2v) is 10.3. The highest BCUT2D eigenvalue weighted by Gasteiger charge is 2.28. The van der Waals surface area contributed by atoms with Crippen molar-refractivity contribution >= 4 is 43.2 Å². The molecule has 1 aliphatic carbocycles. The van der Waals surface area contributed by atoms with Gasteiger partial charge < -0.3 is 5.32 Å². The Morgan fingerprint density at radius 3 is 2.30 bits per heavy atom. The lowest BCUT2D eigenvalue weighted by molar-refractivity contribution is -0.119. The van der Waals surface area contributed by atoms with Crippen LogP contribution in [0.15, 0.2) is 38.9 Å². The third kappa shape index (κ3) is 4.70. The lowest BCUT2D eigenvalue weighted by Crippen LogP contribution is -2.34. The maximum atomic E-state index is 12.7. The van der Waals surface area contributed by atoms with Crippen LogP contribution in [0.3, 0.4) is 0 Å². The van der Waals surface area contributed by atoms with Crippen molar-refractivity contribution in [2.45, 2.75) is 41.5 Å². The zero-order valence-corrected chi connectivity index (χ0v) is 18.0. The molecule has 14 heteroatoms. The minimum absolute atomic E-state index is 0.241. The summed E-state index contributed by atoms with van der Waals surface area (Å²) in [6.45, 7) is 1.40. The molecule has 5 N–H and O–H groups in total. The molecular formula is C16H18ClN5O6S2. The number of rotatable bonds is 6. The van der Waals surface area contributed by atoms with Crippen molar-refractivity contribution in [3.63, 3.8) is 0 Å². The topological polar surface area (TPSA) is 184 Å². The van der Waals surface area contributed by atoms with Gasteiger partial charge in [0.15, 0.2) is 0 Å². The minimum atomic E-state index is -4.46. The number of nitrogens with one attached hydrogen (secondary N) is 1. The van der Waals surface area contributed by atoms with E-state index < -0.39 is 52.4 Å². The Balaban J connectivity index is 1.99. The van der Waals surface area contributed by atoms with Crippen LogP contribution in [0.2, 0.25) is 5.02 Å². The number of halogens is 1. The Morgan fingerprint density at radius 2 is 1.77 bits per heavy atom. The van der Waals surface area contributed by atoms with Gasteiger partial charge in [0.2, 0.25) is 26.0 Å². The van der Waals surface area contributed by atoms with E-state index in [0.717, 1.165) is 23.6 Å². The molecule has 1 aromatic heterocycles. The molecule has 1 atom stereocenters. The lowest BCUT2D eigenvalue weighted by atomic mass is 10.2. The third-order valence-corrected chi connectivity index (χ3v) is 6.82. The Kier molecular flexibility index (Phi) is 5.77. The summed E-state index contributed by atoms with van der Waals surface area (Å²) in [6.07, 6.45) is 1.89. The fraction of sp³-hybridized carbons (Fsp3) is 0.312. The maximum Gasteiger partial charge on any atom is 0.267 e. The Labute approximate surface area is 177 Å². The first kappa shape index (κ1) is 22.4. The normalized spacial score (nSPS) is 15.6. The average molecular weight is 476 g/mol. The largest absolute Gasteiger partial charge is 0.323 e. The van der Waals surface area contributed by atoms with Gasteiger partial charge in [0.1, 0.15) is 15.8 Å². The molecule has 1 heterocycles. The van der Waals surface area contributed by atoms with Crippen molar-refractivity contribution in [2.24, 2.45) is 10.3 Å². The van der Waals surface area contributed by atoms with Gasteiger partial charge in [0.25, 0.3) is 5.56 Å². The highest BCUT2D eigenvalue weighted by atomic mass is 35.5. The second-order valence-electron chi connectivity index (χ2n) is 6.85. The number of sulfonamides is 2. The number of carbonyl (C=O) groups excluding carboxylic acids is 1. The van der Waals surface area contributed by atoms with Gasteiger partial charge in [-0.2, -0.15) is 5.10 Å². The number of aromatic nitrogens is 2. The van der Waals surface area contributed by atoms with Gasteiger partial charge in [-0.05, 0) is 38.0 Å². The summed E-state index contributed by atoms with van der Waals surface area (Å²) in [5, 5.41) is 16.3. The summed E-state index contributed by atoms with van der Waals surface area (Å²) < 4.78 is 48.1. The summed E-state index contributed by atoms with van der Waals surface area (Å²) in [7, 11) is -8.82. The molecule has 0 saturated heterocycles. The zero-order chi connectivity index (χ0) is 22.4. The number of nitrogens with zero attached hydrogens (tertiary/aromatic N) is 2. The van der Waals surface area contributed by atoms with Crippen molar-refractivity contribution in [2.75, 3.05) is 5.32 Å². The van der Waals surface area contributed by atoms with Gasteiger partial charge >= 0.3 is 0 Å². The van der Waals surface area contributed by atoms with Crippen molar-refractivity contribution in [3.8, 4) is 0 Å². The fourth-order valence-electron chi connectivity index (χ4n) is 2.75. The van der Waals surface area contributed by atoms with Gasteiger partial charge in [-0.15, -0.1) is 0 Å². The van der Waals surface area contributed by atoms with Crippen LogP contribution >= 0.6 is 11.6 Å². The van der Waals surface area contributed by atoms with Crippen molar-refractivity contribution < 1.29 is 21.6 Å². The molecule has 0 bridgehead atoms. The maximum absolute atomic E-state index is 12.7. The molecule has 1 aliphatic rings. The smallest absolute Gasteiger partial charge is 0.267 e. The quantitative estimate of drug-likeness (QED) is 0.534. The second kappa shape index (κ2) is 7.74. The number of hydrogen-bond acceptors (Lipinski definition) is 7. The highest BCUT2D eigenvalue weighted by Crippen LogP contribution is 2.38. The molecule has 1 amide bonds. The van der Waals surface area contributed by atoms with Crippen molar-refractivity contribution in [1.82, 2.24) is 9.78 Å². The number of amides is 1. The number of hydrogen-bond donors (Lipinski definition) is 3. The van der Waals surface area contributed by atoms with Crippen LogP contribution in [0.25, 0.3) is 0 Å². The molecule has 1 saturated carbocycles. The van der Waals surface area contributed by atoms with Gasteiger partial charge in [-0.25, -0.2) is 31.8 Å². The SMILES string of the molecule is CC(C(=O)Nc1cc(Cl)c(S(N)(=O)=O)cc1S(N)(=O)=O)n1nc(C2CC2)ccc1=O. The molecular weight excluding hydrogens is 458 g/mol. The summed E-state index contributed by atoms with van der Waals surface area (Å²) in [6, 6.07) is 3.36. The summed E-state index contributed by atoms with van der Waals surface area (Å²) in [5.74, 6) is -0.549. The average Bonchev–Trinajstić information content (AvgIpc) is 3.44. The molecule has 1 fully saturated rings. The van der Waals surface area contributed by atoms with Crippen LogP contribution in [0, 0.1) is 0 Å². The number of primary sulfonamides is 2. The molecule has 0 spiro atoms. The van der Waals surface area contributed by atoms with Gasteiger partial charge in [0, 0.05) is 12.0 Å². The first-order chi connectivity index (χ1) is 13.8. The molecule has 3 rings (SSSR count). The number of benzene rings is 1. The molecule has 1 aromatic carbocycles. The van der Waals surface area contributed by atoms with E-state index in [1.807, 2.05) is 0 Å². The predicted molar refractivity (Wildman–Crippen MR) is 108 cm³/mol. The first-order valence-corrected chi connectivity index (χ1v) is 12.1. The monoisotopic (exact) mass is 475 g/mol. The van der Waals surface area contributed by atoms with Crippen LogP contribution in [-0.4, -0.2) is 32.5 Å².